The van der Waals surface area contributed by atoms with Crippen LogP contribution in [0.25, 0.3) is 0 Å². The molecule has 4 nitrogen and oxygen atoms in total. The molecule has 0 rings (SSSR count). The van der Waals surface area contributed by atoms with E-state index in [9.17, 15) is 9.59 Å². The van der Waals surface area contributed by atoms with Crippen LogP contribution in [0, 0.1) is 0 Å². The van der Waals surface area contributed by atoms with Gasteiger partial charge in [-0.15, -0.1) is 0 Å². The number of hydrogen-bond donors (Lipinski definition) is 1. The van der Waals surface area contributed by atoms with Crippen LogP contribution in [-0.4, -0.2) is 36.9 Å². The van der Waals surface area contributed by atoms with Gasteiger partial charge in [-0.3, -0.25) is 9.59 Å². The van der Waals surface area contributed by atoms with Gasteiger partial charge < -0.3 is 10.2 Å². The Morgan fingerprint density at radius 2 is 1.86 bits per heavy atom. The SMILES string of the molecule is CCCNC(=O)CN(C)C(=O)CCC. The Kier molecular flexibility index (Phi) is 6.80. The number of carbonyl (C=O) groups excluding carboxylic acids is 2. The standard InChI is InChI=1S/C10H20N2O2/c1-4-6-10(14)12(3)8-9(13)11-7-5-2/h4-8H2,1-3H3,(H,11,13). The summed E-state index contributed by atoms with van der Waals surface area (Å²) in [5, 5.41) is 2.73. The zero-order chi connectivity index (χ0) is 11.0. The van der Waals surface area contributed by atoms with E-state index in [0.717, 1.165) is 12.8 Å². The van der Waals surface area contributed by atoms with Crippen molar-refractivity contribution in [2.75, 3.05) is 20.1 Å². The van der Waals surface area contributed by atoms with Crippen LogP contribution >= 0.6 is 0 Å². The quantitative estimate of drug-likeness (QED) is 0.688. The molecule has 0 spiro atoms. The first-order valence-electron chi connectivity index (χ1n) is 5.12. The van der Waals surface area contributed by atoms with Crippen molar-refractivity contribution in [3.63, 3.8) is 0 Å². The van der Waals surface area contributed by atoms with Crippen LogP contribution in [0.5, 0.6) is 0 Å². The summed E-state index contributed by atoms with van der Waals surface area (Å²) >= 11 is 0. The first kappa shape index (κ1) is 12.9. The normalized spacial score (nSPS) is 9.64. The van der Waals surface area contributed by atoms with E-state index in [4.69, 9.17) is 0 Å². The highest BCUT2D eigenvalue weighted by molar-refractivity contribution is 5.84. The molecule has 0 bridgehead atoms. The number of hydrogen-bond acceptors (Lipinski definition) is 2. The molecule has 0 aliphatic heterocycles. The van der Waals surface area contributed by atoms with Gasteiger partial charge >= 0.3 is 0 Å². The van der Waals surface area contributed by atoms with Crippen molar-refractivity contribution in [3.05, 3.63) is 0 Å². The van der Waals surface area contributed by atoms with E-state index >= 15 is 0 Å². The Morgan fingerprint density at radius 3 is 2.36 bits per heavy atom. The molecule has 1 N–H and O–H groups in total. The topological polar surface area (TPSA) is 49.4 Å². The van der Waals surface area contributed by atoms with Crippen molar-refractivity contribution < 1.29 is 9.59 Å². The van der Waals surface area contributed by atoms with Crippen molar-refractivity contribution in [1.29, 1.82) is 0 Å². The van der Waals surface area contributed by atoms with E-state index in [0.29, 0.717) is 13.0 Å². The van der Waals surface area contributed by atoms with Gasteiger partial charge in [0.1, 0.15) is 0 Å². The van der Waals surface area contributed by atoms with Crippen molar-refractivity contribution in [2.45, 2.75) is 33.1 Å². The fourth-order valence-electron chi connectivity index (χ4n) is 1.03. The maximum Gasteiger partial charge on any atom is 0.239 e. The first-order valence-corrected chi connectivity index (χ1v) is 5.12. The van der Waals surface area contributed by atoms with Gasteiger partial charge in [-0.1, -0.05) is 13.8 Å². The van der Waals surface area contributed by atoms with Crippen LogP contribution in [0.15, 0.2) is 0 Å². The van der Waals surface area contributed by atoms with Gasteiger partial charge in [0.25, 0.3) is 0 Å². The maximum absolute atomic E-state index is 11.3. The predicted octanol–water partition coefficient (Wildman–Crippen LogP) is 0.771. The lowest BCUT2D eigenvalue weighted by molar-refractivity contribution is -0.134. The highest BCUT2D eigenvalue weighted by atomic mass is 16.2. The van der Waals surface area contributed by atoms with Crippen LogP contribution in [0.1, 0.15) is 33.1 Å². The second-order valence-electron chi connectivity index (χ2n) is 3.35. The number of amides is 2. The highest BCUT2D eigenvalue weighted by Crippen LogP contribution is 1.93. The van der Waals surface area contributed by atoms with Crippen LogP contribution in [0.3, 0.4) is 0 Å². The van der Waals surface area contributed by atoms with Crippen molar-refractivity contribution in [1.82, 2.24) is 10.2 Å². The van der Waals surface area contributed by atoms with Gasteiger partial charge in [-0.2, -0.15) is 0 Å². The molecule has 0 saturated carbocycles. The second kappa shape index (κ2) is 7.35. The average Bonchev–Trinajstić information content (AvgIpc) is 2.15. The third kappa shape index (κ3) is 5.56. The van der Waals surface area contributed by atoms with Crippen LogP contribution in [0.2, 0.25) is 0 Å². The molecule has 0 aromatic carbocycles. The Labute approximate surface area is 85.7 Å². The third-order valence-electron chi connectivity index (χ3n) is 1.84. The molecule has 4 heteroatoms. The Morgan fingerprint density at radius 1 is 1.21 bits per heavy atom. The lowest BCUT2D eigenvalue weighted by atomic mass is 10.3. The molecule has 2 amide bonds. The van der Waals surface area contributed by atoms with Crippen molar-refractivity contribution in [2.24, 2.45) is 0 Å². The molecule has 0 aromatic heterocycles. The fourth-order valence-corrected chi connectivity index (χ4v) is 1.03. The average molecular weight is 200 g/mol. The number of likely N-dealkylation sites (N-methyl/N-ethyl adjacent to an activating group) is 1. The zero-order valence-corrected chi connectivity index (χ0v) is 9.30. The van der Waals surface area contributed by atoms with E-state index in [2.05, 4.69) is 5.32 Å². The first-order chi connectivity index (χ1) is 6.61. The molecule has 0 radical (unpaired) electrons. The van der Waals surface area contributed by atoms with Gasteiger partial charge in [0.05, 0.1) is 6.54 Å². The van der Waals surface area contributed by atoms with E-state index in [-0.39, 0.29) is 18.4 Å². The number of nitrogens with one attached hydrogen (secondary N) is 1. The molecule has 0 saturated heterocycles. The second-order valence-corrected chi connectivity index (χ2v) is 3.35. The summed E-state index contributed by atoms with van der Waals surface area (Å²) in [4.78, 5) is 24.0. The largest absolute Gasteiger partial charge is 0.355 e. The van der Waals surface area contributed by atoms with Crippen molar-refractivity contribution in [3.8, 4) is 0 Å². The molecule has 0 aliphatic carbocycles. The molecular formula is C10H20N2O2. The van der Waals surface area contributed by atoms with Crippen LogP contribution < -0.4 is 5.32 Å². The summed E-state index contributed by atoms with van der Waals surface area (Å²) in [5.41, 5.74) is 0. The number of rotatable bonds is 6. The smallest absolute Gasteiger partial charge is 0.239 e. The van der Waals surface area contributed by atoms with Crippen molar-refractivity contribution >= 4 is 11.8 Å². The summed E-state index contributed by atoms with van der Waals surface area (Å²) in [7, 11) is 1.66. The van der Waals surface area contributed by atoms with E-state index in [1.54, 1.807) is 7.05 Å². The van der Waals surface area contributed by atoms with E-state index in [1.807, 2.05) is 13.8 Å². The Balaban J connectivity index is 3.75. The molecule has 0 heterocycles. The monoisotopic (exact) mass is 200 g/mol. The molecule has 0 unspecified atom stereocenters. The molecule has 0 aromatic rings. The fraction of sp³-hybridized carbons (Fsp3) is 0.800. The van der Waals surface area contributed by atoms with Gasteiger partial charge in [-0.05, 0) is 12.8 Å². The highest BCUT2D eigenvalue weighted by Gasteiger charge is 2.10. The van der Waals surface area contributed by atoms with E-state index in [1.165, 1.54) is 4.90 Å². The Hall–Kier alpha value is -1.06. The predicted molar refractivity (Wildman–Crippen MR) is 55.8 cm³/mol. The van der Waals surface area contributed by atoms with Gasteiger partial charge in [0.15, 0.2) is 0 Å². The summed E-state index contributed by atoms with van der Waals surface area (Å²) in [6, 6.07) is 0. The van der Waals surface area contributed by atoms with Crippen LogP contribution in [0.4, 0.5) is 0 Å². The number of nitrogens with zero attached hydrogens (tertiary/aromatic N) is 1. The molecule has 0 atom stereocenters. The van der Waals surface area contributed by atoms with Gasteiger partial charge in [0.2, 0.25) is 11.8 Å². The maximum atomic E-state index is 11.3. The van der Waals surface area contributed by atoms with E-state index < -0.39 is 0 Å². The molecule has 0 fully saturated rings. The summed E-state index contributed by atoms with van der Waals surface area (Å²) in [5.74, 6) is -0.0575. The lowest BCUT2D eigenvalue weighted by Crippen LogP contribution is -2.38. The summed E-state index contributed by atoms with van der Waals surface area (Å²) in [6.45, 7) is 4.78. The Bertz CT molecular complexity index is 193. The van der Waals surface area contributed by atoms with Gasteiger partial charge in [-0.25, -0.2) is 0 Å². The third-order valence-corrected chi connectivity index (χ3v) is 1.84. The zero-order valence-electron chi connectivity index (χ0n) is 9.30. The summed E-state index contributed by atoms with van der Waals surface area (Å²) < 4.78 is 0. The minimum atomic E-state index is -0.0844. The molecule has 0 aliphatic rings. The van der Waals surface area contributed by atoms with Gasteiger partial charge in [0, 0.05) is 20.0 Å². The summed E-state index contributed by atoms with van der Waals surface area (Å²) in [6.07, 6.45) is 2.25. The van der Waals surface area contributed by atoms with Crippen LogP contribution in [-0.2, 0) is 9.59 Å². The minimum Gasteiger partial charge on any atom is -0.355 e. The number of carbonyl (C=O) groups is 2. The molecular weight excluding hydrogens is 180 g/mol. The molecule has 14 heavy (non-hydrogen) atoms. The minimum absolute atomic E-state index is 0.0270. The molecule has 82 valence electrons. The lowest BCUT2D eigenvalue weighted by Gasteiger charge is -2.16.